The van der Waals surface area contributed by atoms with E-state index in [2.05, 4.69) is 10.2 Å². The maximum atomic E-state index is 8.27. The third-order valence-electron chi connectivity index (χ3n) is 1.06. The lowest BCUT2D eigenvalue weighted by molar-refractivity contribution is 1.17. The second-order valence-electron chi connectivity index (χ2n) is 2.34. The zero-order valence-corrected chi connectivity index (χ0v) is 7.20. The van der Waals surface area contributed by atoms with Crippen LogP contribution < -0.4 is 0 Å². The summed E-state index contributed by atoms with van der Waals surface area (Å²) in [6, 6.07) is 3.92. The van der Waals surface area contributed by atoms with Crippen molar-refractivity contribution < 1.29 is 0 Å². The first-order chi connectivity index (χ1) is 5.70. The van der Waals surface area contributed by atoms with Gasteiger partial charge < -0.3 is 0 Å². The monoisotopic (exact) mass is 162 g/mol. The molecular weight excluding hydrogens is 152 g/mol. The standard InChI is InChI=1S/C8H10N4/c1-7(3-5-9)11-12-8(2)4-6-10/h3-4H2,1-2H3/b11-7-,12-8-. The molecule has 0 heterocycles. The largest absolute Gasteiger partial charge is 0.198 e. The lowest BCUT2D eigenvalue weighted by Gasteiger charge is -1.89. The van der Waals surface area contributed by atoms with E-state index >= 15 is 0 Å². The van der Waals surface area contributed by atoms with Crippen molar-refractivity contribution >= 4 is 11.4 Å². The molecule has 62 valence electrons. The summed E-state index contributed by atoms with van der Waals surface area (Å²) in [6.45, 7) is 3.46. The summed E-state index contributed by atoms with van der Waals surface area (Å²) in [4.78, 5) is 0. The fraction of sp³-hybridized carbons (Fsp3) is 0.500. The molecule has 0 bridgehead atoms. The SMILES string of the molecule is C/C(CC#N)=N/N=C(/C)CC#N. The number of nitriles is 2. The summed E-state index contributed by atoms with van der Waals surface area (Å²) in [6.07, 6.45) is 0.562. The topological polar surface area (TPSA) is 72.3 Å². The third-order valence-corrected chi connectivity index (χ3v) is 1.06. The van der Waals surface area contributed by atoms with Crippen LogP contribution in [0.2, 0.25) is 0 Å². The highest BCUT2D eigenvalue weighted by atomic mass is 15.2. The smallest absolute Gasteiger partial charge is 0.0751 e. The van der Waals surface area contributed by atoms with Gasteiger partial charge in [-0.1, -0.05) is 0 Å². The van der Waals surface area contributed by atoms with Crippen LogP contribution in [0, 0.1) is 22.7 Å². The van der Waals surface area contributed by atoms with Crippen molar-refractivity contribution in [3.05, 3.63) is 0 Å². The molecule has 0 atom stereocenters. The fourth-order valence-electron chi connectivity index (χ4n) is 0.470. The first-order valence-electron chi connectivity index (χ1n) is 3.51. The van der Waals surface area contributed by atoms with E-state index in [0.29, 0.717) is 11.4 Å². The molecule has 0 aromatic rings. The minimum atomic E-state index is 0.281. The molecule has 0 saturated carbocycles. The van der Waals surface area contributed by atoms with E-state index in [1.165, 1.54) is 0 Å². The second-order valence-corrected chi connectivity index (χ2v) is 2.34. The highest BCUT2D eigenvalue weighted by Gasteiger charge is 1.89. The molecule has 0 aliphatic rings. The number of hydrogen-bond acceptors (Lipinski definition) is 4. The first kappa shape index (κ1) is 10.3. The van der Waals surface area contributed by atoms with Crippen LogP contribution in [0.1, 0.15) is 26.7 Å². The zero-order valence-electron chi connectivity index (χ0n) is 7.20. The molecular formula is C8H10N4. The zero-order chi connectivity index (χ0) is 9.40. The van der Waals surface area contributed by atoms with Gasteiger partial charge in [0.05, 0.1) is 36.4 Å². The maximum absolute atomic E-state index is 8.27. The molecule has 0 aliphatic heterocycles. The average molecular weight is 162 g/mol. The van der Waals surface area contributed by atoms with Gasteiger partial charge in [-0.2, -0.15) is 20.7 Å². The molecule has 0 aromatic carbocycles. The maximum Gasteiger partial charge on any atom is 0.0751 e. The first-order valence-corrected chi connectivity index (χ1v) is 3.51. The normalized spacial score (nSPS) is 12.0. The van der Waals surface area contributed by atoms with Gasteiger partial charge in [0.25, 0.3) is 0 Å². The van der Waals surface area contributed by atoms with Gasteiger partial charge in [-0.15, -0.1) is 0 Å². The van der Waals surface area contributed by atoms with E-state index in [-0.39, 0.29) is 12.8 Å². The predicted octanol–water partition coefficient (Wildman–Crippen LogP) is 1.65. The summed E-state index contributed by atoms with van der Waals surface area (Å²) in [7, 11) is 0. The van der Waals surface area contributed by atoms with Gasteiger partial charge in [0.1, 0.15) is 0 Å². The van der Waals surface area contributed by atoms with Crippen molar-refractivity contribution in [3.8, 4) is 12.1 Å². The Morgan fingerprint density at radius 2 is 1.33 bits per heavy atom. The molecule has 0 radical (unpaired) electrons. The molecule has 4 heteroatoms. The van der Waals surface area contributed by atoms with Crippen molar-refractivity contribution in [3.63, 3.8) is 0 Å². The molecule has 4 nitrogen and oxygen atoms in total. The van der Waals surface area contributed by atoms with E-state index in [0.717, 1.165) is 0 Å². The van der Waals surface area contributed by atoms with Crippen molar-refractivity contribution in [1.82, 2.24) is 0 Å². The van der Waals surface area contributed by atoms with Gasteiger partial charge >= 0.3 is 0 Å². The second kappa shape index (κ2) is 6.06. The lowest BCUT2D eigenvalue weighted by Crippen LogP contribution is -1.90. The molecule has 0 aromatic heterocycles. The number of hydrogen-bond donors (Lipinski definition) is 0. The van der Waals surface area contributed by atoms with Crippen LogP contribution in [0.4, 0.5) is 0 Å². The van der Waals surface area contributed by atoms with Crippen LogP contribution in [0.25, 0.3) is 0 Å². The van der Waals surface area contributed by atoms with Crippen molar-refractivity contribution in [2.24, 2.45) is 10.2 Å². The Morgan fingerprint density at radius 3 is 1.58 bits per heavy atom. The molecule has 12 heavy (non-hydrogen) atoms. The van der Waals surface area contributed by atoms with Crippen molar-refractivity contribution in [2.75, 3.05) is 0 Å². The molecule has 0 fully saturated rings. The van der Waals surface area contributed by atoms with Gasteiger partial charge in [-0.25, -0.2) is 0 Å². The number of rotatable bonds is 3. The minimum absolute atomic E-state index is 0.281. The molecule has 0 rings (SSSR count). The Bertz CT molecular complexity index is 244. The molecule has 0 aliphatic carbocycles. The highest BCUT2D eigenvalue weighted by Crippen LogP contribution is 1.89. The summed E-state index contributed by atoms with van der Waals surface area (Å²) in [5.41, 5.74) is 1.32. The van der Waals surface area contributed by atoms with Gasteiger partial charge in [0.2, 0.25) is 0 Å². The van der Waals surface area contributed by atoms with Gasteiger partial charge in [-0.3, -0.25) is 0 Å². The van der Waals surface area contributed by atoms with Crippen LogP contribution in [-0.2, 0) is 0 Å². The van der Waals surface area contributed by atoms with Gasteiger partial charge in [0, 0.05) is 0 Å². The van der Waals surface area contributed by atoms with E-state index in [1.807, 2.05) is 12.1 Å². The number of nitrogens with zero attached hydrogens (tertiary/aromatic N) is 4. The molecule has 0 N–H and O–H groups in total. The summed E-state index contributed by atoms with van der Waals surface area (Å²) in [5.74, 6) is 0. The average Bonchev–Trinajstić information content (AvgIpc) is 2.02. The predicted molar refractivity (Wildman–Crippen MR) is 46.7 cm³/mol. The van der Waals surface area contributed by atoms with Crippen LogP contribution in [0.15, 0.2) is 10.2 Å². The third kappa shape index (κ3) is 5.13. The van der Waals surface area contributed by atoms with Crippen LogP contribution in [-0.4, -0.2) is 11.4 Å². The summed E-state index contributed by atoms with van der Waals surface area (Å²) >= 11 is 0. The van der Waals surface area contributed by atoms with E-state index in [9.17, 15) is 0 Å². The van der Waals surface area contributed by atoms with Gasteiger partial charge in [0.15, 0.2) is 0 Å². The van der Waals surface area contributed by atoms with E-state index < -0.39 is 0 Å². The van der Waals surface area contributed by atoms with E-state index in [4.69, 9.17) is 10.5 Å². The molecule has 0 saturated heterocycles. The Balaban J connectivity index is 4.11. The van der Waals surface area contributed by atoms with E-state index in [1.54, 1.807) is 13.8 Å². The van der Waals surface area contributed by atoms with Crippen molar-refractivity contribution in [2.45, 2.75) is 26.7 Å². The minimum Gasteiger partial charge on any atom is -0.198 e. The summed E-state index contributed by atoms with van der Waals surface area (Å²) < 4.78 is 0. The Morgan fingerprint density at radius 1 is 1.00 bits per heavy atom. The van der Waals surface area contributed by atoms with Crippen molar-refractivity contribution in [1.29, 1.82) is 10.5 Å². The van der Waals surface area contributed by atoms with Gasteiger partial charge in [-0.05, 0) is 13.8 Å². The fourth-order valence-corrected chi connectivity index (χ4v) is 0.470. The molecule has 0 amide bonds. The van der Waals surface area contributed by atoms with Crippen LogP contribution in [0.3, 0.4) is 0 Å². The quantitative estimate of drug-likeness (QED) is 0.467. The Hall–Kier alpha value is -1.68. The molecule has 0 spiro atoms. The summed E-state index contributed by atoms with van der Waals surface area (Å²) in [5, 5.41) is 24.1. The Kier molecular flexibility index (Phi) is 5.21. The highest BCUT2D eigenvalue weighted by molar-refractivity contribution is 5.87. The molecule has 0 unspecified atom stereocenters. The Labute approximate surface area is 71.8 Å². The lowest BCUT2D eigenvalue weighted by atomic mass is 10.3. The van der Waals surface area contributed by atoms with Crippen LogP contribution >= 0.6 is 0 Å². The van der Waals surface area contributed by atoms with Crippen LogP contribution in [0.5, 0.6) is 0 Å².